The molecule has 2 aromatic carbocycles. The number of nitriles is 1. The van der Waals surface area contributed by atoms with E-state index in [1.807, 2.05) is 24.8 Å². The third-order valence-corrected chi connectivity index (χ3v) is 11.9. The van der Waals surface area contributed by atoms with E-state index in [2.05, 4.69) is 9.97 Å². The molecule has 0 radical (unpaired) electrons. The van der Waals surface area contributed by atoms with Crippen molar-refractivity contribution >= 4 is 49.1 Å². The summed E-state index contributed by atoms with van der Waals surface area (Å²) in [5.74, 6) is -2.27. The highest BCUT2D eigenvalue weighted by atomic mass is 32.1. The number of piperidine rings is 2. The Kier molecular flexibility index (Phi) is 9.17. The second kappa shape index (κ2) is 13.2. The lowest BCUT2D eigenvalue weighted by Crippen LogP contribution is -2.64. The number of thiophene rings is 1. The normalized spacial score (nSPS) is 24.3. The fourth-order valence-corrected chi connectivity index (χ4v) is 9.54. The SMILES string of the molecule is CC.CC(=O)N1CC2CCC1CN2c1nc(OCC23CCCN2CC(F)C3)nc2c(F)c(-c3ccc(F)c4sc(N)c(C#N)c34)c(C(F)(F)F)cc12. The van der Waals surface area contributed by atoms with Gasteiger partial charge in [0.1, 0.15) is 41.0 Å². The van der Waals surface area contributed by atoms with Crippen LogP contribution in [0.5, 0.6) is 6.01 Å². The van der Waals surface area contributed by atoms with E-state index in [4.69, 9.17) is 10.5 Å². The summed E-state index contributed by atoms with van der Waals surface area (Å²) in [5.41, 5.74) is 1.98. The first-order valence-corrected chi connectivity index (χ1v) is 18.2. The van der Waals surface area contributed by atoms with Crippen molar-refractivity contribution in [3.8, 4) is 23.2 Å². The van der Waals surface area contributed by atoms with Crippen molar-refractivity contribution in [1.82, 2.24) is 19.8 Å². The van der Waals surface area contributed by atoms with Crippen LogP contribution < -0.4 is 15.4 Å². The monoisotopic (exact) mass is 745 g/mol. The Morgan fingerprint density at radius 3 is 2.58 bits per heavy atom. The van der Waals surface area contributed by atoms with Crippen LogP contribution in [0.4, 0.5) is 37.2 Å². The highest BCUT2D eigenvalue weighted by Crippen LogP contribution is 2.49. The van der Waals surface area contributed by atoms with Gasteiger partial charge in [-0.05, 0) is 49.9 Å². The molecule has 5 saturated heterocycles. The molecule has 2 aromatic heterocycles. The number of anilines is 2. The smallest absolute Gasteiger partial charge is 0.417 e. The lowest BCUT2D eigenvalue weighted by Gasteiger charge is -2.51. The first kappa shape index (κ1) is 36.0. The molecule has 0 aliphatic carbocycles. The zero-order valence-electron chi connectivity index (χ0n) is 28.8. The molecule has 276 valence electrons. The molecule has 16 heteroatoms. The number of piperazine rings is 1. The van der Waals surface area contributed by atoms with Gasteiger partial charge in [-0.2, -0.15) is 28.4 Å². The van der Waals surface area contributed by atoms with E-state index in [1.54, 1.807) is 9.80 Å². The average Bonchev–Trinajstić information content (AvgIpc) is 3.77. The minimum atomic E-state index is -5.10. The fourth-order valence-electron chi connectivity index (χ4n) is 8.59. The van der Waals surface area contributed by atoms with Crippen molar-refractivity contribution < 1.29 is 35.9 Å². The number of carbonyl (C=O) groups excluding carboxylic acids is 1. The summed E-state index contributed by atoms with van der Waals surface area (Å²) in [6, 6.07) is 3.70. The predicted octanol–water partition coefficient (Wildman–Crippen LogP) is 7.44. The van der Waals surface area contributed by atoms with Crippen LogP contribution in [0.1, 0.15) is 64.0 Å². The number of rotatable bonds is 5. The van der Waals surface area contributed by atoms with E-state index in [9.17, 15) is 18.8 Å². The molecule has 5 fully saturated rings. The van der Waals surface area contributed by atoms with E-state index in [0.717, 1.165) is 24.6 Å². The van der Waals surface area contributed by atoms with Crippen molar-refractivity contribution in [1.29, 1.82) is 5.26 Å². The first-order valence-electron chi connectivity index (χ1n) is 17.4. The molecule has 9 rings (SSSR count). The van der Waals surface area contributed by atoms with E-state index in [1.165, 1.54) is 6.92 Å². The molecular formula is C36H37F6N7O2S. The van der Waals surface area contributed by atoms with Crippen LogP contribution in [0.15, 0.2) is 18.2 Å². The van der Waals surface area contributed by atoms with Gasteiger partial charge in [-0.3, -0.25) is 9.69 Å². The maximum Gasteiger partial charge on any atom is 0.417 e. The zero-order chi connectivity index (χ0) is 37.3. The third-order valence-electron chi connectivity index (χ3n) is 10.8. The Morgan fingerprint density at radius 1 is 1.15 bits per heavy atom. The number of fused-ring (bicyclic) bond motifs is 6. The number of nitrogen functional groups attached to an aromatic ring is 1. The van der Waals surface area contributed by atoms with Gasteiger partial charge in [0, 0.05) is 61.4 Å². The Morgan fingerprint density at radius 2 is 1.90 bits per heavy atom. The molecule has 52 heavy (non-hydrogen) atoms. The summed E-state index contributed by atoms with van der Waals surface area (Å²) in [4.78, 5) is 26.8. The lowest BCUT2D eigenvalue weighted by molar-refractivity contribution is -0.137. The lowest BCUT2D eigenvalue weighted by atomic mass is 9.89. The van der Waals surface area contributed by atoms with Crippen LogP contribution in [-0.4, -0.2) is 82.3 Å². The molecule has 5 aliphatic heterocycles. The summed E-state index contributed by atoms with van der Waals surface area (Å²) in [7, 11) is 0. The number of amides is 1. The number of aromatic nitrogens is 2. The molecule has 0 saturated carbocycles. The van der Waals surface area contributed by atoms with Crippen molar-refractivity contribution in [2.24, 2.45) is 0 Å². The van der Waals surface area contributed by atoms with Crippen molar-refractivity contribution in [3.63, 3.8) is 0 Å². The van der Waals surface area contributed by atoms with Crippen LogP contribution in [0.25, 0.3) is 32.1 Å². The third kappa shape index (κ3) is 5.76. The Balaban J connectivity index is 0.00000207. The number of ether oxygens (including phenoxy) is 1. The maximum absolute atomic E-state index is 17.1. The molecule has 2 N–H and O–H groups in total. The number of carbonyl (C=O) groups is 1. The highest BCUT2D eigenvalue weighted by Gasteiger charge is 2.50. The summed E-state index contributed by atoms with van der Waals surface area (Å²) < 4.78 is 97.6. The molecule has 0 spiro atoms. The molecule has 5 aliphatic rings. The summed E-state index contributed by atoms with van der Waals surface area (Å²) in [5, 5.41) is 9.26. The van der Waals surface area contributed by atoms with Gasteiger partial charge < -0.3 is 20.3 Å². The Hall–Kier alpha value is -4.36. The van der Waals surface area contributed by atoms with Gasteiger partial charge in [0.05, 0.1) is 21.4 Å². The molecule has 4 aromatic rings. The zero-order valence-corrected chi connectivity index (χ0v) is 29.6. The number of nitrogens with two attached hydrogens (primary N) is 1. The number of hydrogen-bond acceptors (Lipinski definition) is 9. The number of hydrogen-bond donors (Lipinski definition) is 1. The standard InChI is InChI=1S/C34H31F6N7O2S.C2H6/c1-16(48)46-13-19-4-3-18(46)14-47(19)31-21-9-23(34(38,39)40)26(20-5-6-24(36)29-25(20)22(11-41)30(42)50-29)27(37)28(21)43-32(44-31)49-15-33-7-2-8-45(33)12-17(35)10-33;1-2/h5-6,9,17-19H,2-4,7-8,10,12-15,42H2,1H3;1-2H3. The number of alkyl halides is 4. The maximum atomic E-state index is 17.1. The summed E-state index contributed by atoms with van der Waals surface area (Å²) in [6.07, 6.45) is -3.08. The molecule has 1 amide bonds. The van der Waals surface area contributed by atoms with Gasteiger partial charge in [0.2, 0.25) is 5.91 Å². The van der Waals surface area contributed by atoms with E-state index >= 15 is 17.6 Å². The highest BCUT2D eigenvalue weighted by molar-refractivity contribution is 7.23. The topological polar surface area (TPSA) is 112 Å². The van der Waals surface area contributed by atoms with Gasteiger partial charge in [-0.15, -0.1) is 11.3 Å². The van der Waals surface area contributed by atoms with E-state index < -0.39 is 46.2 Å². The minimum absolute atomic E-state index is 0.00403. The van der Waals surface area contributed by atoms with E-state index in [0.29, 0.717) is 43.7 Å². The average molecular weight is 746 g/mol. The summed E-state index contributed by atoms with van der Waals surface area (Å²) >= 11 is 0.686. The molecule has 4 atom stereocenters. The van der Waals surface area contributed by atoms with Crippen molar-refractivity contribution in [2.75, 3.05) is 43.4 Å². The molecule has 2 bridgehead atoms. The van der Waals surface area contributed by atoms with Crippen LogP contribution in [0.2, 0.25) is 0 Å². The number of halogens is 6. The van der Waals surface area contributed by atoms with Crippen molar-refractivity contribution in [3.05, 3.63) is 41.0 Å². The fraction of sp³-hybridized carbons (Fsp3) is 0.500. The minimum Gasteiger partial charge on any atom is -0.461 e. The quantitative estimate of drug-likeness (QED) is 0.210. The Labute approximate surface area is 299 Å². The molecule has 7 heterocycles. The molecule has 4 unspecified atom stereocenters. The number of nitrogens with zero attached hydrogens (tertiary/aromatic N) is 6. The second-order valence-electron chi connectivity index (χ2n) is 13.7. The van der Waals surface area contributed by atoms with Crippen LogP contribution >= 0.6 is 11.3 Å². The molecular weight excluding hydrogens is 708 g/mol. The van der Waals surface area contributed by atoms with Gasteiger partial charge in [-0.25, -0.2) is 13.2 Å². The number of benzene rings is 2. The van der Waals surface area contributed by atoms with Crippen LogP contribution in [0, 0.1) is 23.0 Å². The van der Waals surface area contributed by atoms with Gasteiger partial charge in [0.15, 0.2) is 5.82 Å². The predicted molar refractivity (Wildman–Crippen MR) is 186 cm³/mol. The summed E-state index contributed by atoms with van der Waals surface area (Å²) in [6.45, 7) is 6.98. The van der Waals surface area contributed by atoms with Gasteiger partial charge >= 0.3 is 12.2 Å². The first-order chi connectivity index (χ1) is 24.8. The Bertz CT molecular complexity index is 2120. The van der Waals surface area contributed by atoms with Crippen LogP contribution in [0.3, 0.4) is 0 Å². The van der Waals surface area contributed by atoms with Gasteiger partial charge in [0.25, 0.3) is 0 Å². The van der Waals surface area contributed by atoms with Crippen molar-refractivity contribution in [2.45, 2.75) is 82.8 Å². The van der Waals surface area contributed by atoms with E-state index in [-0.39, 0.29) is 87.5 Å². The van der Waals surface area contributed by atoms with Crippen LogP contribution in [-0.2, 0) is 11.0 Å². The second-order valence-corrected chi connectivity index (χ2v) is 14.7. The largest absolute Gasteiger partial charge is 0.461 e. The molecule has 9 nitrogen and oxygen atoms in total. The van der Waals surface area contributed by atoms with Gasteiger partial charge in [-0.1, -0.05) is 19.9 Å².